The third kappa shape index (κ3) is 4.51. The van der Waals surface area contributed by atoms with Gasteiger partial charge in [-0.05, 0) is 18.6 Å². The Morgan fingerprint density at radius 1 is 1.37 bits per heavy atom. The van der Waals surface area contributed by atoms with Crippen LogP contribution in [0.2, 0.25) is 0 Å². The summed E-state index contributed by atoms with van der Waals surface area (Å²) in [5.41, 5.74) is 0.552. The number of aliphatic carboxylic acids is 1. The molecule has 1 atom stereocenters. The molecule has 0 aromatic carbocycles. The average molecular weight is 387 g/mol. The molecule has 146 valence electrons. The summed E-state index contributed by atoms with van der Waals surface area (Å²) in [7, 11) is 3.61. The third-order valence-electron chi connectivity index (χ3n) is 3.94. The number of hydrogen-bond donors (Lipinski definition) is 2. The van der Waals surface area contributed by atoms with Gasteiger partial charge in [0.25, 0.3) is 5.56 Å². The first-order chi connectivity index (χ1) is 12.5. The number of aromatic nitrogens is 3. The Morgan fingerprint density at radius 2 is 2.00 bits per heavy atom. The van der Waals surface area contributed by atoms with Crippen LogP contribution < -0.4 is 10.5 Å². The number of hydrogen-bond acceptors (Lipinski definition) is 6. The molecule has 0 bridgehead atoms. The van der Waals surface area contributed by atoms with Gasteiger partial charge in [-0.15, -0.1) is 0 Å². The van der Waals surface area contributed by atoms with Crippen molar-refractivity contribution in [3.8, 4) is 0 Å². The SMILES string of the molecule is CN1CCC(N(C)c2ccc3nc[nH]c(=O)c3n2)C1=O.O=C(O)C(F)(F)F. The zero-order valence-corrected chi connectivity index (χ0v) is 14.3. The molecule has 1 amide bonds. The summed E-state index contributed by atoms with van der Waals surface area (Å²) in [5.74, 6) is -2.08. The fraction of sp³-hybridized carbons (Fsp3) is 0.400. The van der Waals surface area contributed by atoms with E-state index in [-0.39, 0.29) is 23.0 Å². The maximum absolute atomic E-state index is 12.0. The van der Waals surface area contributed by atoms with Gasteiger partial charge in [-0.2, -0.15) is 13.2 Å². The van der Waals surface area contributed by atoms with Crippen molar-refractivity contribution in [2.24, 2.45) is 0 Å². The molecule has 2 aromatic heterocycles. The van der Waals surface area contributed by atoms with Crippen LogP contribution in [-0.2, 0) is 9.59 Å². The second-order valence-electron chi connectivity index (χ2n) is 5.75. The number of carbonyl (C=O) groups excluding carboxylic acids is 1. The highest BCUT2D eigenvalue weighted by Crippen LogP contribution is 2.21. The Bertz CT molecular complexity index is 914. The number of pyridine rings is 1. The monoisotopic (exact) mass is 387 g/mol. The van der Waals surface area contributed by atoms with Gasteiger partial charge in [0.1, 0.15) is 11.9 Å². The lowest BCUT2D eigenvalue weighted by Gasteiger charge is -2.24. The van der Waals surface area contributed by atoms with Gasteiger partial charge in [-0.3, -0.25) is 9.59 Å². The maximum atomic E-state index is 12.0. The van der Waals surface area contributed by atoms with Gasteiger partial charge in [0.05, 0.1) is 11.8 Å². The number of amides is 1. The molecule has 1 aliphatic heterocycles. The molecule has 3 heterocycles. The van der Waals surface area contributed by atoms with E-state index < -0.39 is 12.1 Å². The number of halogens is 3. The third-order valence-corrected chi connectivity index (χ3v) is 3.94. The van der Waals surface area contributed by atoms with Crippen molar-refractivity contribution in [3.63, 3.8) is 0 Å². The van der Waals surface area contributed by atoms with Crippen molar-refractivity contribution in [2.45, 2.75) is 18.6 Å². The van der Waals surface area contributed by atoms with Gasteiger partial charge in [0.2, 0.25) is 5.91 Å². The van der Waals surface area contributed by atoms with E-state index in [0.29, 0.717) is 11.3 Å². The Kier molecular flexibility index (Phi) is 5.66. The van der Waals surface area contributed by atoms with E-state index in [4.69, 9.17) is 9.90 Å². The molecule has 9 nitrogen and oxygen atoms in total. The molecule has 0 radical (unpaired) electrons. The summed E-state index contributed by atoms with van der Waals surface area (Å²) >= 11 is 0. The number of carboxylic acids is 1. The highest BCUT2D eigenvalue weighted by Gasteiger charge is 2.38. The number of rotatable bonds is 2. The molecule has 1 fully saturated rings. The first-order valence-electron chi connectivity index (χ1n) is 7.64. The van der Waals surface area contributed by atoms with Crippen molar-refractivity contribution >= 4 is 28.7 Å². The van der Waals surface area contributed by atoms with E-state index in [1.54, 1.807) is 24.1 Å². The predicted octanol–water partition coefficient (Wildman–Crippen LogP) is 0.618. The van der Waals surface area contributed by atoms with Crippen LogP contribution in [0.15, 0.2) is 23.3 Å². The fourth-order valence-electron chi connectivity index (χ4n) is 2.46. The zero-order chi connectivity index (χ0) is 20.4. The van der Waals surface area contributed by atoms with E-state index in [1.807, 2.05) is 11.9 Å². The van der Waals surface area contributed by atoms with E-state index in [9.17, 15) is 22.8 Å². The van der Waals surface area contributed by atoms with Crippen molar-refractivity contribution < 1.29 is 27.9 Å². The summed E-state index contributed by atoms with van der Waals surface area (Å²) in [6.45, 7) is 0.740. The minimum Gasteiger partial charge on any atom is -0.475 e. The minimum atomic E-state index is -5.08. The minimum absolute atomic E-state index is 0.0782. The van der Waals surface area contributed by atoms with Crippen molar-refractivity contribution in [1.29, 1.82) is 0 Å². The summed E-state index contributed by atoms with van der Waals surface area (Å²) in [6.07, 6.45) is -2.97. The second-order valence-corrected chi connectivity index (χ2v) is 5.75. The number of carboxylic acid groups (broad SMARTS) is 1. The van der Waals surface area contributed by atoms with Crippen LogP contribution in [0, 0.1) is 0 Å². The molecular weight excluding hydrogens is 371 g/mol. The lowest BCUT2D eigenvalue weighted by molar-refractivity contribution is -0.192. The first kappa shape index (κ1) is 20.1. The standard InChI is InChI=1S/C13H15N5O2.C2HF3O2/c1-17-6-5-9(13(17)20)18(2)10-4-3-8-11(16-10)12(19)15-7-14-8;3-2(4,5)1(6)7/h3-4,7,9H,5-6H2,1-2H3,(H,14,15,19);(H,6,7). The van der Waals surface area contributed by atoms with E-state index >= 15 is 0 Å². The molecule has 27 heavy (non-hydrogen) atoms. The van der Waals surface area contributed by atoms with Crippen LogP contribution in [0.5, 0.6) is 0 Å². The first-order valence-corrected chi connectivity index (χ1v) is 7.64. The fourth-order valence-corrected chi connectivity index (χ4v) is 2.46. The van der Waals surface area contributed by atoms with Crippen LogP contribution in [-0.4, -0.2) is 69.7 Å². The number of aromatic amines is 1. The number of anilines is 1. The quantitative estimate of drug-likeness (QED) is 0.775. The van der Waals surface area contributed by atoms with Crippen LogP contribution in [0.3, 0.4) is 0 Å². The number of nitrogens with one attached hydrogen (secondary N) is 1. The van der Waals surface area contributed by atoms with Gasteiger partial charge in [0, 0.05) is 20.6 Å². The zero-order valence-electron chi connectivity index (χ0n) is 14.3. The van der Waals surface area contributed by atoms with Gasteiger partial charge in [-0.1, -0.05) is 0 Å². The molecular formula is C15H16F3N5O4. The summed E-state index contributed by atoms with van der Waals surface area (Å²) in [4.78, 5) is 47.1. The Labute approximate surface area is 150 Å². The Hall–Kier alpha value is -3.18. The molecule has 3 rings (SSSR count). The molecule has 1 unspecified atom stereocenters. The summed E-state index contributed by atoms with van der Waals surface area (Å²) in [5, 5.41) is 7.12. The Balaban J connectivity index is 0.000000321. The smallest absolute Gasteiger partial charge is 0.475 e. The summed E-state index contributed by atoms with van der Waals surface area (Å²) in [6, 6.07) is 3.30. The van der Waals surface area contributed by atoms with Crippen LogP contribution in [0.1, 0.15) is 6.42 Å². The largest absolute Gasteiger partial charge is 0.490 e. The van der Waals surface area contributed by atoms with Crippen molar-refractivity contribution in [3.05, 3.63) is 28.8 Å². The molecule has 12 heteroatoms. The van der Waals surface area contributed by atoms with Crippen LogP contribution >= 0.6 is 0 Å². The maximum Gasteiger partial charge on any atom is 0.490 e. The molecule has 0 spiro atoms. The van der Waals surface area contributed by atoms with Crippen LogP contribution in [0.4, 0.5) is 19.0 Å². The van der Waals surface area contributed by atoms with Crippen molar-refractivity contribution in [2.75, 3.05) is 25.5 Å². The van der Waals surface area contributed by atoms with Crippen molar-refractivity contribution in [1.82, 2.24) is 19.9 Å². The summed E-state index contributed by atoms with van der Waals surface area (Å²) < 4.78 is 31.7. The van der Waals surface area contributed by atoms with E-state index in [1.165, 1.54) is 6.33 Å². The normalized spacial score (nSPS) is 16.9. The highest BCUT2D eigenvalue weighted by atomic mass is 19.4. The number of nitrogens with zero attached hydrogens (tertiary/aromatic N) is 4. The molecule has 2 aromatic rings. The number of likely N-dealkylation sites (N-methyl/N-ethyl adjacent to an activating group) is 2. The second kappa shape index (κ2) is 7.60. The van der Waals surface area contributed by atoms with Gasteiger partial charge in [-0.25, -0.2) is 14.8 Å². The molecule has 1 saturated heterocycles. The topological polar surface area (TPSA) is 119 Å². The average Bonchev–Trinajstić information content (AvgIpc) is 2.93. The lowest BCUT2D eigenvalue weighted by Crippen LogP contribution is -2.39. The number of alkyl halides is 3. The number of likely N-dealkylation sites (tertiary alicyclic amines) is 1. The molecule has 2 N–H and O–H groups in total. The number of fused-ring (bicyclic) bond motifs is 1. The van der Waals surface area contributed by atoms with Crippen LogP contribution in [0.25, 0.3) is 11.0 Å². The number of carbonyl (C=O) groups is 2. The molecule has 1 aliphatic rings. The van der Waals surface area contributed by atoms with Gasteiger partial charge >= 0.3 is 12.1 Å². The lowest BCUT2D eigenvalue weighted by atomic mass is 10.2. The van der Waals surface area contributed by atoms with Gasteiger partial charge in [0.15, 0.2) is 5.52 Å². The highest BCUT2D eigenvalue weighted by molar-refractivity contribution is 5.87. The predicted molar refractivity (Wildman–Crippen MR) is 88.3 cm³/mol. The molecule has 0 aliphatic carbocycles. The number of H-pyrrole nitrogens is 1. The van der Waals surface area contributed by atoms with E-state index in [2.05, 4.69) is 15.0 Å². The van der Waals surface area contributed by atoms with Gasteiger partial charge < -0.3 is 19.9 Å². The molecule has 0 saturated carbocycles. The van der Waals surface area contributed by atoms with E-state index in [0.717, 1.165) is 13.0 Å². The Morgan fingerprint density at radius 3 is 2.52 bits per heavy atom.